The van der Waals surface area contributed by atoms with Gasteiger partial charge in [0.05, 0.1) is 0 Å². The molecular weight excluding hydrogens is 277 g/mol. The van der Waals surface area contributed by atoms with E-state index in [0.29, 0.717) is 23.3 Å². The van der Waals surface area contributed by atoms with Crippen LogP contribution in [0.25, 0.3) is 0 Å². The van der Waals surface area contributed by atoms with E-state index in [1.54, 1.807) is 6.07 Å². The minimum Gasteiger partial charge on any atom is -0.366 e. The van der Waals surface area contributed by atoms with Gasteiger partial charge in [-0.3, -0.25) is 0 Å². The number of halogens is 2. The molecule has 0 aliphatic rings. The molecule has 20 heavy (non-hydrogen) atoms. The molecule has 1 heterocycles. The van der Waals surface area contributed by atoms with Gasteiger partial charge in [-0.2, -0.15) is 0 Å². The summed E-state index contributed by atoms with van der Waals surface area (Å²) in [4.78, 5) is 8.73. The van der Waals surface area contributed by atoms with E-state index in [9.17, 15) is 4.39 Å². The molecule has 0 bridgehead atoms. The highest BCUT2D eigenvalue weighted by molar-refractivity contribution is 6.30. The summed E-state index contributed by atoms with van der Waals surface area (Å²) in [6.07, 6.45) is 0. The maximum atomic E-state index is 13.1. The lowest BCUT2D eigenvalue weighted by atomic mass is 10.2. The molecule has 1 N–H and O–H groups in total. The summed E-state index contributed by atoms with van der Waals surface area (Å²) < 4.78 is 13.1. The zero-order chi connectivity index (χ0) is 14.7. The smallest absolute Gasteiger partial charge is 0.137 e. The number of nitrogens with zero attached hydrogens (tertiary/aromatic N) is 2. The molecule has 3 nitrogen and oxygen atoms in total. The Morgan fingerprint density at radius 3 is 2.70 bits per heavy atom. The maximum absolute atomic E-state index is 13.1. The van der Waals surface area contributed by atoms with Crippen molar-refractivity contribution in [3.63, 3.8) is 0 Å². The molecule has 0 aliphatic carbocycles. The molecule has 1 aromatic carbocycles. The van der Waals surface area contributed by atoms with Gasteiger partial charge in [-0.25, -0.2) is 14.4 Å². The molecule has 2 rings (SSSR count). The Morgan fingerprint density at radius 1 is 1.30 bits per heavy atom. The molecule has 0 aliphatic heterocycles. The van der Waals surface area contributed by atoms with Gasteiger partial charge in [0.2, 0.25) is 0 Å². The lowest BCUT2D eigenvalue weighted by Crippen LogP contribution is -2.08. The van der Waals surface area contributed by atoms with Crippen molar-refractivity contribution in [2.45, 2.75) is 33.2 Å². The summed E-state index contributed by atoms with van der Waals surface area (Å²) in [5.41, 5.74) is 1.65. The molecule has 1 aromatic heterocycles. The zero-order valence-electron chi connectivity index (χ0n) is 11.7. The predicted molar refractivity (Wildman–Crippen MR) is 79.6 cm³/mol. The van der Waals surface area contributed by atoms with Gasteiger partial charge in [0, 0.05) is 18.0 Å². The molecule has 0 fully saturated rings. The van der Waals surface area contributed by atoms with Gasteiger partial charge >= 0.3 is 0 Å². The molecule has 2 aromatic rings. The van der Waals surface area contributed by atoms with E-state index in [4.69, 9.17) is 11.6 Å². The maximum Gasteiger partial charge on any atom is 0.137 e. The molecule has 0 unspecified atom stereocenters. The predicted octanol–water partition coefficient (Wildman–Crippen LogP) is 4.31. The highest BCUT2D eigenvalue weighted by atomic mass is 35.5. The lowest BCUT2D eigenvalue weighted by molar-refractivity contribution is 0.626. The van der Waals surface area contributed by atoms with Crippen molar-refractivity contribution in [3.8, 4) is 0 Å². The Kier molecular flexibility index (Phi) is 4.55. The van der Waals surface area contributed by atoms with Crippen LogP contribution in [0.3, 0.4) is 0 Å². The Morgan fingerprint density at radius 2 is 2.05 bits per heavy atom. The van der Waals surface area contributed by atoms with Gasteiger partial charge in [-0.15, -0.1) is 0 Å². The third kappa shape index (κ3) is 3.45. The summed E-state index contributed by atoms with van der Waals surface area (Å²) in [5, 5.41) is 3.64. The van der Waals surface area contributed by atoms with Crippen molar-refractivity contribution in [2.75, 3.05) is 5.32 Å². The summed E-state index contributed by atoms with van der Waals surface area (Å²) in [6.45, 7) is 6.37. The van der Waals surface area contributed by atoms with E-state index in [-0.39, 0.29) is 11.7 Å². The molecule has 0 atom stereocenters. The fourth-order valence-corrected chi connectivity index (χ4v) is 1.94. The molecule has 5 heteroatoms. The van der Waals surface area contributed by atoms with Crippen molar-refractivity contribution in [1.82, 2.24) is 9.97 Å². The average molecular weight is 294 g/mol. The second-order valence-electron chi connectivity index (χ2n) is 4.98. The minimum atomic E-state index is -0.246. The second-order valence-corrected chi connectivity index (χ2v) is 5.34. The number of hydrogen-bond donors (Lipinski definition) is 1. The number of anilines is 1. The molecule has 0 amide bonds. The Labute approximate surface area is 123 Å². The van der Waals surface area contributed by atoms with Gasteiger partial charge < -0.3 is 5.32 Å². The first-order chi connectivity index (χ1) is 9.47. The topological polar surface area (TPSA) is 37.8 Å². The molecule has 0 spiro atoms. The zero-order valence-corrected chi connectivity index (χ0v) is 12.5. The number of rotatable bonds is 4. The van der Waals surface area contributed by atoms with Crippen LogP contribution >= 0.6 is 11.6 Å². The van der Waals surface area contributed by atoms with E-state index >= 15 is 0 Å². The fraction of sp³-hybridized carbons (Fsp3) is 0.333. The first-order valence-electron chi connectivity index (χ1n) is 6.49. The number of nitrogens with one attached hydrogen (secondary N) is 1. The largest absolute Gasteiger partial charge is 0.366 e. The van der Waals surface area contributed by atoms with Gasteiger partial charge in [0.15, 0.2) is 0 Å². The molecule has 0 saturated heterocycles. The van der Waals surface area contributed by atoms with Crippen LogP contribution in [0.2, 0.25) is 5.15 Å². The second kappa shape index (κ2) is 6.18. The van der Waals surface area contributed by atoms with E-state index in [0.717, 1.165) is 11.1 Å². The third-order valence-corrected chi connectivity index (χ3v) is 3.34. The summed E-state index contributed by atoms with van der Waals surface area (Å²) in [7, 11) is 0. The molecule has 0 saturated carbocycles. The van der Waals surface area contributed by atoms with Gasteiger partial charge in [-0.1, -0.05) is 37.6 Å². The highest BCUT2D eigenvalue weighted by Crippen LogP contribution is 2.23. The third-order valence-electron chi connectivity index (χ3n) is 2.97. The summed E-state index contributed by atoms with van der Waals surface area (Å²) >= 11 is 6.12. The molecular formula is C15H17ClFN3. The van der Waals surface area contributed by atoms with E-state index in [1.807, 2.05) is 26.8 Å². The van der Waals surface area contributed by atoms with E-state index < -0.39 is 0 Å². The summed E-state index contributed by atoms with van der Waals surface area (Å²) in [6, 6.07) is 6.46. The van der Waals surface area contributed by atoms with Crippen LogP contribution in [-0.2, 0) is 6.54 Å². The van der Waals surface area contributed by atoms with Gasteiger partial charge in [0.1, 0.15) is 22.6 Å². The monoisotopic (exact) mass is 293 g/mol. The van der Waals surface area contributed by atoms with Crippen LogP contribution in [-0.4, -0.2) is 9.97 Å². The number of aromatic nitrogens is 2. The van der Waals surface area contributed by atoms with Crippen molar-refractivity contribution in [3.05, 3.63) is 52.2 Å². The highest BCUT2D eigenvalue weighted by Gasteiger charge is 2.11. The number of benzene rings is 1. The van der Waals surface area contributed by atoms with Crippen molar-refractivity contribution >= 4 is 17.4 Å². The van der Waals surface area contributed by atoms with Crippen LogP contribution in [0, 0.1) is 12.7 Å². The summed E-state index contributed by atoms with van der Waals surface area (Å²) in [5.74, 6) is 1.34. The normalized spacial score (nSPS) is 10.9. The van der Waals surface area contributed by atoms with E-state index in [2.05, 4.69) is 15.3 Å². The van der Waals surface area contributed by atoms with Gasteiger partial charge in [-0.05, 0) is 24.6 Å². The standard InChI is InChI=1S/C15H17ClFN3/c1-9(2)14-19-13(16)10(3)15(20-14)18-8-11-5-4-6-12(17)7-11/h4-7,9H,8H2,1-3H3,(H,18,19,20). The molecule has 0 radical (unpaired) electrons. The van der Waals surface area contributed by atoms with Crippen LogP contribution in [0.1, 0.15) is 36.7 Å². The quantitative estimate of drug-likeness (QED) is 0.854. The van der Waals surface area contributed by atoms with Gasteiger partial charge in [0.25, 0.3) is 0 Å². The van der Waals surface area contributed by atoms with Crippen molar-refractivity contribution in [1.29, 1.82) is 0 Å². The van der Waals surface area contributed by atoms with Crippen molar-refractivity contribution < 1.29 is 4.39 Å². The Balaban J connectivity index is 2.20. The SMILES string of the molecule is Cc1c(Cl)nc(C(C)C)nc1NCc1cccc(F)c1. The molecule has 106 valence electrons. The first-order valence-corrected chi connectivity index (χ1v) is 6.87. The van der Waals surface area contributed by atoms with Crippen LogP contribution in [0.5, 0.6) is 0 Å². The minimum absolute atomic E-state index is 0.197. The van der Waals surface area contributed by atoms with E-state index in [1.165, 1.54) is 12.1 Å². The Bertz CT molecular complexity index is 614. The van der Waals surface area contributed by atoms with Crippen LogP contribution in [0.15, 0.2) is 24.3 Å². The lowest BCUT2D eigenvalue weighted by Gasteiger charge is -2.13. The first kappa shape index (κ1) is 14.7. The van der Waals surface area contributed by atoms with Crippen LogP contribution < -0.4 is 5.32 Å². The fourth-order valence-electron chi connectivity index (χ4n) is 1.77. The number of hydrogen-bond acceptors (Lipinski definition) is 3. The Hall–Kier alpha value is -1.68. The van der Waals surface area contributed by atoms with Crippen molar-refractivity contribution in [2.24, 2.45) is 0 Å². The average Bonchev–Trinajstić information content (AvgIpc) is 2.40. The van der Waals surface area contributed by atoms with Crippen LogP contribution in [0.4, 0.5) is 10.2 Å².